The first kappa shape index (κ1) is 35.8. The first-order chi connectivity index (χ1) is 27.1. The first-order valence-electron chi connectivity index (χ1n) is 18.2. The molecule has 57 heavy (non-hydrogen) atoms. The minimum Gasteiger partial charge on any atom is -0.339 e. The fourth-order valence-electron chi connectivity index (χ4n) is 8.84. The number of aromatic nitrogens is 2. The van der Waals surface area contributed by atoms with Crippen LogP contribution in [0.5, 0.6) is 0 Å². The van der Waals surface area contributed by atoms with Gasteiger partial charge in [0.05, 0.1) is 22.1 Å². The lowest BCUT2D eigenvalue weighted by Gasteiger charge is -2.41. The van der Waals surface area contributed by atoms with Crippen molar-refractivity contribution < 1.29 is 22.0 Å². The monoisotopic (exact) mass is 762 g/mol. The van der Waals surface area contributed by atoms with Crippen molar-refractivity contribution >= 4 is 81.4 Å². The van der Waals surface area contributed by atoms with Crippen LogP contribution in [0.3, 0.4) is 0 Å². The van der Waals surface area contributed by atoms with Crippen LogP contribution in [-0.2, 0) is 6.42 Å². The summed E-state index contributed by atoms with van der Waals surface area (Å²) in [7, 11) is 0. The van der Waals surface area contributed by atoms with E-state index in [1.165, 1.54) is 5.56 Å². The Hall–Kier alpha value is -6.87. The lowest BCUT2D eigenvalue weighted by Crippen LogP contribution is -2.44. The first-order valence-corrected chi connectivity index (χ1v) is 18.2. The van der Waals surface area contributed by atoms with E-state index in [1.54, 1.807) is 12.1 Å². The van der Waals surface area contributed by atoms with Gasteiger partial charge in [0.2, 0.25) is 5.82 Å². The smallest absolute Gasteiger partial charge is 0.200 e. The average Bonchev–Trinajstić information content (AvgIpc) is 3.59. The van der Waals surface area contributed by atoms with Crippen LogP contribution in [-0.4, -0.2) is 20.2 Å². The molecule has 1 atom stereocenters. The van der Waals surface area contributed by atoms with Gasteiger partial charge in [0.15, 0.2) is 23.3 Å². The molecule has 0 spiro atoms. The predicted octanol–water partition coefficient (Wildman–Crippen LogP) is 8.95. The molecule has 0 radical (unpaired) electrons. The van der Waals surface area contributed by atoms with Crippen molar-refractivity contribution in [2.45, 2.75) is 25.8 Å². The van der Waals surface area contributed by atoms with E-state index in [1.807, 2.05) is 27.9 Å². The van der Waals surface area contributed by atoms with Crippen molar-refractivity contribution in [3.8, 4) is 5.69 Å². The van der Waals surface area contributed by atoms with E-state index in [0.717, 1.165) is 61.8 Å². The summed E-state index contributed by atoms with van der Waals surface area (Å²) in [6, 6.07) is 22.2. The van der Waals surface area contributed by atoms with Crippen molar-refractivity contribution in [2.75, 3.05) is 5.01 Å². The summed E-state index contributed by atoms with van der Waals surface area (Å²) in [5.41, 5.74) is 6.90. The summed E-state index contributed by atoms with van der Waals surface area (Å²) in [4.78, 5) is 2.24. The predicted molar refractivity (Wildman–Crippen MR) is 224 cm³/mol. The molecule has 7 aromatic rings. The molecule has 0 saturated carbocycles. The second-order valence-corrected chi connectivity index (χ2v) is 14.7. The second kappa shape index (κ2) is 12.3. The normalized spacial score (nSPS) is 14.6. The van der Waals surface area contributed by atoms with E-state index in [4.69, 9.17) is 0 Å². The molecule has 9 rings (SSSR count). The molecule has 4 nitrogen and oxygen atoms in total. The Kier molecular flexibility index (Phi) is 7.74. The maximum Gasteiger partial charge on any atom is 0.200 e. The molecule has 1 unspecified atom stereocenters. The Labute approximate surface area is 324 Å². The number of hydrogen-bond donors (Lipinski definition) is 0. The maximum atomic E-state index is 15.0. The second-order valence-electron chi connectivity index (χ2n) is 14.7. The van der Waals surface area contributed by atoms with Crippen molar-refractivity contribution in [1.82, 2.24) is 14.1 Å². The molecule has 2 aliphatic rings. The van der Waals surface area contributed by atoms with Crippen molar-refractivity contribution in [3.63, 3.8) is 0 Å². The number of aryl methyl sites for hydroxylation is 1. The largest absolute Gasteiger partial charge is 0.339 e. The Bertz CT molecular complexity index is 3090. The molecule has 2 aliphatic heterocycles. The summed E-state index contributed by atoms with van der Waals surface area (Å²) in [6.07, 6.45) is 1.84. The van der Waals surface area contributed by atoms with Gasteiger partial charge in [0.1, 0.15) is 5.69 Å². The molecule has 0 N–H and O–H groups in total. The lowest BCUT2D eigenvalue weighted by molar-refractivity contribution is 0.375. The highest BCUT2D eigenvalue weighted by atomic mass is 19.2. The van der Waals surface area contributed by atoms with E-state index in [2.05, 4.69) is 101 Å². The SMILES string of the molecule is C=C1c2ccc3c4c(ccc(c24)C(=C)N1C(C)CCc1ccccc1)C(=C)N(n1c(=C)c2cc4c(=C)n(-c5c(F)c(F)c(F)c(F)c5F)c(=C)c4cc2c1=C)C3=C. The van der Waals surface area contributed by atoms with Gasteiger partial charge in [-0.1, -0.05) is 107 Å². The molecule has 282 valence electrons. The van der Waals surface area contributed by atoms with Crippen LogP contribution >= 0.6 is 0 Å². The molecule has 0 bridgehead atoms. The molecule has 9 heteroatoms. The van der Waals surface area contributed by atoms with Crippen molar-refractivity contribution in [3.05, 3.63) is 171 Å². The summed E-state index contributed by atoms with van der Waals surface area (Å²) >= 11 is 0. The van der Waals surface area contributed by atoms with Gasteiger partial charge in [-0.3, -0.25) is 0 Å². The Morgan fingerprint density at radius 2 is 0.912 bits per heavy atom. The van der Waals surface area contributed by atoms with Gasteiger partial charge in [0.25, 0.3) is 0 Å². The minimum absolute atomic E-state index is 0.0226. The summed E-state index contributed by atoms with van der Waals surface area (Å²) in [6.45, 7) is 37.1. The van der Waals surface area contributed by atoms with Crippen LogP contribution in [0.2, 0.25) is 0 Å². The fourth-order valence-corrected chi connectivity index (χ4v) is 8.84. The number of nitrogens with zero attached hydrogens (tertiary/aromatic N) is 4. The quantitative estimate of drug-likeness (QED) is 0.0957. The van der Waals surface area contributed by atoms with Crippen LogP contribution in [0.25, 0.3) is 87.1 Å². The number of hydrogen-bond acceptors (Lipinski definition) is 2. The van der Waals surface area contributed by atoms with Crippen molar-refractivity contribution in [2.24, 2.45) is 0 Å². The maximum absolute atomic E-state index is 15.0. The summed E-state index contributed by atoms with van der Waals surface area (Å²) in [5.74, 6) is -10.4. The van der Waals surface area contributed by atoms with Gasteiger partial charge < -0.3 is 9.47 Å². The van der Waals surface area contributed by atoms with E-state index < -0.39 is 34.8 Å². The van der Waals surface area contributed by atoms with Gasteiger partial charge >= 0.3 is 0 Å². The van der Waals surface area contributed by atoms with Gasteiger partial charge in [-0.25, -0.2) is 31.6 Å². The highest BCUT2D eigenvalue weighted by molar-refractivity contribution is 6.16. The molecule has 0 fully saturated rings. The van der Waals surface area contributed by atoms with Crippen molar-refractivity contribution in [1.29, 1.82) is 0 Å². The zero-order valence-corrected chi connectivity index (χ0v) is 31.2. The molecule has 2 aromatic heterocycles. The third kappa shape index (κ3) is 4.72. The molecular formula is C48H35F5N4. The Morgan fingerprint density at radius 1 is 0.509 bits per heavy atom. The fraction of sp³-hybridized carbons (Fsp3) is 0.0833. The lowest BCUT2D eigenvalue weighted by atomic mass is 9.83. The van der Waals surface area contributed by atoms with E-state index in [-0.39, 0.29) is 16.7 Å². The number of fused-ring (bicyclic) bond motifs is 2. The standard InChI is InChI=1S/C48H35F5N4/c1-23(15-16-32-13-11-10-12-14-32)54-24(2)33-17-19-35-28(6)56(29(7)36-20-18-34(25(54)3)41(33)42(35)36)57-30(8)39-21-37-26(4)55(27(5)38(37)22-40(39)31(57)9)48-46(52)44(50)43(49)45(51)47(48)53/h10-14,17-23H,2-9,15-16H2,1H3. The van der Waals surface area contributed by atoms with Gasteiger partial charge in [0, 0.05) is 82.7 Å². The average molecular weight is 763 g/mol. The third-order valence-electron chi connectivity index (χ3n) is 11.7. The van der Waals surface area contributed by atoms with Crippen LogP contribution in [0.15, 0.2) is 93.0 Å². The summed E-state index contributed by atoms with van der Waals surface area (Å²) < 4.78 is 75.2. The molecule has 4 heterocycles. The number of halogens is 5. The zero-order valence-electron chi connectivity index (χ0n) is 31.2. The van der Waals surface area contributed by atoms with Gasteiger partial charge in [-0.05, 0) is 37.5 Å². The van der Waals surface area contributed by atoms with Gasteiger partial charge in [-0.2, -0.15) is 0 Å². The minimum atomic E-state index is -2.25. The van der Waals surface area contributed by atoms with Crippen LogP contribution in [0.4, 0.5) is 22.0 Å². The zero-order chi connectivity index (χ0) is 40.5. The molecule has 0 amide bonds. The number of benzene rings is 5. The van der Waals surface area contributed by atoms with E-state index >= 15 is 8.78 Å². The highest BCUT2D eigenvalue weighted by Crippen LogP contribution is 2.49. The summed E-state index contributed by atoms with van der Waals surface area (Å²) in [5, 5.41) is 6.79. The third-order valence-corrected chi connectivity index (χ3v) is 11.7. The van der Waals surface area contributed by atoms with Crippen LogP contribution < -0.4 is 26.4 Å². The number of rotatable bonds is 6. The molecular weight excluding hydrogens is 728 g/mol. The topological polar surface area (TPSA) is 16.3 Å². The Balaban J connectivity index is 1.13. The van der Waals surface area contributed by atoms with Gasteiger partial charge in [-0.15, -0.1) is 0 Å². The van der Waals surface area contributed by atoms with E-state index in [9.17, 15) is 13.2 Å². The van der Waals surface area contributed by atoms with Crippen LogP contribution in [0.1, 0.15) is 41.2 Å². The van der Waals surface area contributed by atoms with E-state index in [0.29, 0.717) is 43.6 Å². The molecule has 0 saturated heterocycles. The van der Waals surface area contributed by atoms with Crippen LogP contribution in [0, 0.1) is 29.1 Å². The molecule has 5 aromatic carbocycles. The Morgan fingerprint density at radius 3 is 1.37 bits per heavy atom. The molecule has 0 aliphatic carbocycles. The highest BCUT2D eigenvalue weighted by Gasteiger charge is 2.35.